The summed E-state index contributed by atoms with van der Waals surface area (Å²) in [5.41, 5.74) is 1.82. The van der Waals surface area contributed by atoms with Gasteiger partial charge < -0.3 is 19.7 Å². The molecule has 32 heavy (non-hydrogen) atoms. The highest BCUT2D eigenvalue weighted by Crippen LogP contribution is 2.29. The number of hydrogen-bond donors (Lipinski definition) is 1. The largest absolute Gasteiger partial charge is 0.493 e. The number of pyridine rings is 1. The number of ether oxygens (including phenoxy) is 2. The van der Waals surface area contributed by atoms with Crippen molar-refractivity contribution in [3.05, 3.63) is 54.7 Å². The molecular formula is C23H28N6O3. The van der Waals surface area contributed by atoms with Crippen LogP contribution in [0.25, 0.3) is 5.82 Å². The number of aromatic nitrogens is 4. The zero-order valence-corrected chi connectivity index (χ0v) is 18.4. The first-order valence-electron chi connectivity index (χ1n) is 10.8. The minimum atomic E-state index is -0.0858. The van der Waals surface area contributed by atoms with Crippen LogP contribution in [0.5, 0.6) is 11.5 Å². The molecule has 1 fully saturated rings. The number of nitrogens with one attached hydrogen (secondary N) is 1. The van der Waals surface area contributed by atoms with E-state index < -0.39 is 0 Å². The second-order valence-corrected chi connectivity index (χ2v) is 7.75. The summed E-state index contributed by atoms with van der Waals surface area (Å²) in [7, 11) is 3.27. The number of carbonyl (C=O) groups excluding carboxylic acids is 1. The monoisotopic (exact) mass is 436 g/mol. The Morgan fingerprint density at radius 3 is 2.75 bits per heavy atom. The van der Waals surface area contributed by atoms with Crippen LogP contribution in [0.15, 0.2) is 49.2 Å². The van der Waals surface area contributed by atoms with Crippen LogP contribution in [-0.2, 0) is 6.42 Å². The van der Waals surface area contributed by atoms with Crippen LogP contribution in [0, 0.1) is 0 Å². The molecule has 1 N–H and O–H groups in total. The van der Waals surface area contributed by atoms with E-state index in [0.717, 1.165) is 50.1 Å². The summed E-state index contributed by atoms with van der Waals surface area (Å²) >= 11 is 0. The quantitative estimate of drug-likeness (QED) is 0.607. The summed E-state index contributed by atoms with van der Waals surface area (Å²) in [6.07, 6.45) is 9.59. The number of hydrogen-bond acceptors (Lipinski definition) is 6. The highest BCUT2D eigenvalue weighted by molar-refractivity contribution is 5.89. The van der Waals surface area contributed by atoms with Crippen molar-refractivity contribution in [2.24, 2.45) is 0 Å². The summed E-state index contributed by atoms with van der Waals surface area (Å²) in [5.74, 6) is 2.09. The lowest BCUT2D eigenvalue weighted by molar-refractivity contribution is 0.158. The smallest absolute Gasteiger partial charge is 0.322 e. The zero-order valence-electron chi connectivity index (χ0n) is 18.4. The van der Waals surface area contributed by atoms with Gasteiger partial charge in [0.1, 0.15) is 12.7 Å². The van der Waals surface area contributed by atoms with E-state index in [-0.39, 0.29) is 12.1 Å². The van der Waals surface area contributed by atoms with Crippen LogP contribution in [0.3, 0.4) is 0 Å². The third kappa shape index (κ3) is 4.99. The lowest BCUT2D eigenvalue weighted by atomic mass is 9.96. The SMILES string of the molecule is COc1ccc(CC[C@@H]2CCCCN2C(=O)Nc2ccc(-n3cncn3)nc2)cc1OC. The predicted molar refractivity (Wildman–Crippen MR) is 120 cm³/mol. The third-order valence-electron chi connectivity index (χ3n) is 5.75. The molecule has 1 aliphatic rings. The van der Waals surface area contributed by atoms with Gasteiger partial charge in [0, 0.05) is 12.6 Å². The minimum absolute atomic E-state index is 0.0858. The zero-order chi connectivity index (χ0) is 22.3. The topological polar surface area (TPSA) is 94.4 Å². The maximum atomic E-state index is 13.0. The standard InChI is InChI=1S/C23H28N6O3/c1-31-20-10-7-17(13-21(20)32-2)6-9-19-5-3-4-12-28(19)23(30)27-18-8-11-22(25-14-18)29-16-24-15-26-29/h7-8,10-11,13-16,19H,3-6,9,12H2,1-2H3,(H,27,30)/t19-/m0/s1. The van der Waals surface area contributed by atoms with Crippen molar-refractivity contribution >= 4 is 11.7 Å². The molecule has 0 bridgehead atoms. The fourth-order valence-electron chi connectivity index (χ4n) is 4.05. The molecule has 2 amide bonds. The van der Waals surface area contributed by atoms with Crippen molar-refractivity contribution in [2.75, 3.05) is 26.1 Å². The predicted octanol–water partition coefficient (Wildman–Crippen LogP) is 3.70. The molecule has 1 aliphatic heterocycles. The van der Waals surface area contributed by atoms with Gasteiger partial charge in [0.05, 0.1) is 26.1 Å². The number of methoxy groups -OCH3 is 2. The maximum absolute atomic E-state index is 13.0. The number of anilines is 1. The fourth-order valence-corrected chi connectivity index (χ4v) is 4.05. The van der Waals surface area contributed by atoms with Crippen LogP contribution in [0.2, 0.25) is 0 Å². The van der Waals surface area contributed by atoms with Crippen molar-refractivity contribution in [3.8, 4) is 17.3 Å². The first-order valence-corrected chi connectivity index (χ1v) is 10.8. The van der Waals surface area contributed by atoms with E-state index >= 15 is 0 Å². The van der Waals surface area contributed by atoms with E-state index in [9.17, 15) is 4.79 Å². The van der Waals surface area contributed by atoms with Gasteiger partial charge in [0.15, 0.2) is 17.3 Å². The number of aryl methyl sites for hydroxylation is 1. The minimum Gasteiger partial charge on any atom is -0.493 e. The average molecular weight is 437 g/mol. The van der Waals surface area contributed by atoms with Crippen LogP contribution in [-0.4, -0.2) is 57.5 Å². The number of rotatable bonds is 7. The number of benzene rings is 1. The number of amides is 2. The van der Waals surface area contributed by atoms with Gasteiger partial charge in [-0.25, -0.2) is 19.4 Å². The van der Waals surface area contributed by atoms with E-state index in [2.05, 4.69) is 26.4 Å². The molecule has 1 saturated heterocycles. The van der Waals surface area contributed by atoms with Gasteiger partial charge >= 0.3 is 6.03 Å². The van der Waals surface area contributed by atoms with Gasteiger partial charge in [-0.3, -0.25) is 0 Å². The first-order chi connectivity index (χ1) is 15.7. The van der Waals surface area contributed by atoms with Crippen molar-refractivity contribution in [3.63, 3.8) is 0 Å². The number of piperidine rings is 1. The van der Waals surface area contributed by atoms with E-state index in [1.165, 1.54) is 11.9 Å². The molecule has 9 nitrogen and oxygen atoms in total. The Bertz CT molecular complexity index is 1020. The Kier molecular flexibility index (Phi) is 6.84. The molecule has 4 rings (SSSR count). The number of urea groups is 1. The number of likely N-dealkylation sites (tertiary alicyclic amines) is 1. The second-order valence-electron chi connectivity index (χ2n) is 7.75. The molecular weight excluding hydrogens is 408 g/mol. The van der Waals surface area contributed by atoms with Crippen molar-refractivity contribution < 1.29 is 14.3 Å². The molecule has 0 aliphatic carbocycles. The highest BCUT2D eigenvalue weighted by atomic mass is 16.5. The van der Waals surface area contributed by atoms with Gasteiger partial charge in [-0.1, -0.05) is 6.07 Å². The van der Waals surface area contributed by atoms with Gasteiger partial charge in [0.25, 0.3) is 0 Å². The van der Waals surface area contributed by atoms with Crippen LogP contribution in [0.4, 0.5) is 10.5 Å². The number of nitrogens with zero attached hydrogens (tertiary/aromatic N) is 5. The summed E-state index contributed by atoms with van der Waals surface area (Å²) < 4.78 is 12.3. The van der Waals surface area contributed by atoms with Crippen LogP contribution in [0.1, 0.15) is 31.2 Å². The van der Waals surface area contributed by atoms with E-state index in [0.29, 0.717) is 11.5 Å². The first kappa shape index (κ1) is 21.6. The molecule has 0 unspecified atom stereocenters. The van der Waals surface area contributed by atoms with E-state index in [1.807, 2.05) is 23.1 Å². The molecule has 3 aromatic rings. The summed E-state index contributed by atoms with van der Waals surface area (Å²) in [6, 6.07) is 9.72. The Hall–Kier alpha value is -3.62. The summed E-state index contributed by atoms with van der Waals surface area (Å²) in [5, 5.41) is 7.05. The second kappa shape index (κ2) is 10.1. The Balaban J connectivity index is 1.38. The normalized spacial score (nSPS) is 15.9. The van der Waals surface area contributed by atoms with Gasteiger partial charge in [-0.05, 0) is 61.9 Å². The lowest BCUT2D eigenvalue weighted by Crippen LogP contribution is -2.46. The van der Waals surface area contributed by atoms with Gasteiger partial charge in [0.2, 0.25) is 0 Å². The van der Waals surface area contributed by atoms with Crippen molar-refractivity contribution in [1.29, 1.82) is 0 Å². The summed E-state index contributed by atoms with van der Waals surface area (Å²) in [4.78, 5) is 23.2. The summed E-state index contributed by atoms with van der Waals surface area (Å²) in [6.45, 7) is 0.757. The molecule has 9 heteroatoms. The molecule has 0 radical (unpaired) electrons. The Morgan fingerprint density at radius 2 is 2.03 bits per heavy atom. The number of carbonyl (C=O) groups is 1. The molecule has 2 aromatic heterocycles. The van der Waals surface area contributed by atoms with E-state index in [4.69, 9.17) is 9.47 Å². The van der Waals surface area contributed by atoms with Gasteiger partial charge in [-0.15, -0.1) is 0 Å². The fraction of sp³-hybridized carbons (Fsp3) is 0.391. The van der Waals surface area contributed by atoms with Crippen molar-refractivity contribution in [1.82, 2.24) is 24.6 Å². The molecule has 1 aromatic carbocycles. The van der Waals surface area contributed by atoms with Crippen LogP contribution >= 0.6 is 0 Å². The molecule has 0 spiro atoms. The van der Waals surface area contributed by atoms with Gasteiger partial charge in [-0.2, -0.15) is 5.10 Å². The van der Waals surface area contributed by atoms with Crippen molar-refractivity contribution in [2.45, 2.75) is 38.1 Å². The third-order valence-corrected chi connectivity index (χ3v) is 5.75. The highest BCUT2D eigenvalue weighted by Gasteiger charge is 2.26. The van der Waals surface area contributed by atoms with E-state index in [1.54, 1.807) is 37.5 Å². The Labute approximate surface area is 187 Å². The van der Waals surface area contributed by atoms with Crippen LogP contribution < -0.4 is 14.8 Å². The molecule has 1 atom stereocenters. The Morgan fingerprint density at radius 1 is 1.16 bits per heavy atom. The average Bonchev–Trinajstić information content (AvgIpc) is 3.38. The molecule has 0 saturated carbocycles. The molecule has 168 valence electrons. The lowest BCUT2D eigenvalue weighted by Gasteiger charge is -2.36. The maximum Gasteiger partial charge on any atom is 0.322 e. The molecule has 3 heterocycles.